The summed E-state index contributed by atoms with van der Waals surface area (Å²) in [6, 6.07) is 47.7. The number of aromatic nitrogens is 6. The highest BCUT2D eigenvalue weighted by atomic mass is 15.1. The van der Waals surface area contributed by atoms with Crippen LogP contribution in [0, 0.1) is 0 Å². The predicted molar refractivity (Wildman–Crippen MR) is 198 cm³/mol. The number of nitrogens with zero attached hydrogens (tertiary/aromatic N) is 4. The number of hydrogen-bond donors (Lipinski definition) is 2. The highest BCUT2D eigenvalue weighted by Gasteiger charge is 2.19. The van der Waals surface area contributed by atoms with Gasteiger partial charge in [-0.05, 0) is 64.4 Å². The summed E-state index contributed by atoms with van der Waals surface area (Å²) in [5, 5.41) is 9.38. The third-order valence-electron chi connectivity index (χ3n) is 10.3. The molecule has 0 bridgehead atoms. The molecular weight excluding hydrogens is 589 g/mol. The van der Waals surface area contributed by atoms with Crippen LogP contribution in [-0.2, 0) is 0 Å². The highest BCUT2D eigenvalue weighted by Crippen LogP contribution is 2.39. The number of pyridine rings is 2. The van der Waals surface area contributed by atoms with Crippen LogP contribution in [0.25, 0.3) is 110 Å². The van der Waals surface area contributed by atoms with E-state index in [4.69, 9.17) is 9.97 Å². The normalized spacial score (nSPS) is 12.6. The van der Waals surface area contributed by atoms with Gasteiger partial charge in [0.25, 0.3) is 0 Å². The summed E-state index contributed by atoms with van der Waals surface area (Å²) < 4.78 is 4.57. The van der Waals surface area contributed by atoms with Crippen LogP contribution in [0.5, 0.6) is 0 Å². The highest BCUT2D eigenvalue weighted by molar-refractivity contribution is 6.18. The first-order valence-corrected chi connectivity index (χ1v) is 16.3. The lowest BCUT2D eigenvalue weighted by Gasteiger charge is -2.11. The van der Waals surface area contributed by atoms with Gasteiger partial charge in [-0.25, -0.2) is 9.97 Å². The van der Waals surface area contributed by atoms with E-state index in [-0.39, 0.29) is 0 Å². The molecule has 6 heteroatoms. The lowest BCUT2D eigenvalue weighted by Crippen LogP contribution is -1.92. The molecule has 0 atom stereocenters. The SMILES string of the molecule is c1ccc2c(c1)[nH]c1c2nc2c3ccc(-c4ccc5[nH]c6c(nc7c8ccccc8c8ccccc8n76)c5c4)cc3c3ccccc3n21. The predicted octanol–water partition coefficient (Wildman–Crippen LogP) is 10.5. The Hall–Kier alpha value is -6.66. The van der Waals surface area contributed by atoms with Crippen molar-refractivity contribution in [3.05, 3.63) is 133 Å². The Morgan fingerprint density at radius 1 is 0.375 bits per heavy atom. The number of rotatable bonds is 1. The van der Waals surface area contributed by atoms with Gasteiger partial charge >= 0.3 is 0 Å². The summed E-state index contributed by atoms with van der Waals surface area (Å²) in [5.74, 6) is 0. The van der Waals surface area contributed by atoms with Crippen LogP contribution < -0.4 is 0 Å². The number of imidazole rings is 2. The lowest BCUT2D eigenvalue weighted by molar-refractivity contribution is 1.27. The van der Waals surface area contributed by atoms with Crippen molar-refractivity contribution in [2.24, 2.45) is 0 Å². The van der Waals surface area contributed by atoms with Crippen LogP contribution in [0.4, 0.5) is 0 Å². The molecular formula is C42H24N6. The first kappa shape index (κ1) is 24.6. The van der Waals surface area contributed by atoms with E-state index in [2.05, 4.69) is 152 Å². The van der Waals surface area contributed by atoms with Gasteiger partial charge in [0, 0.05) is 43.4 Å². The molecule has 2 N–H and O–H groups in total. The molecule has 0 unspecified atom stereocenters. The monoisotopic (exact) mass is 612 g/mol. The molecule has 0 saturated carbocycles. The van der Waals surface area contributed by atoms with Crippen molar-refractivity contribution < 1.29 is 0 Å². The van der Waals surface area contributed by atoms with Gasteiger partial charge in [-0.3, -0.25) is 8.80 Å². The van der Waals surface area contributed by atoms with Gasteiger partial charge in [0.1, 0.15) is 33.6 Å². The van der Waals surface area contributed by atoms with Crippen LogP contribution in [0.3, 0.4) is 0 Å². The molecule has 0 aliphatic rings. The molecule has 6 heterocycles. The second-order valence-electron chi connectivity index (χ2n) is 12.8. The summed E-state index contributed by atoms with van der Waals surface area (Å²) in [7, 11) is 0. The molecule has 0 spiro atoms. The minimum Gasteiger partial charge on any atom is -0.339 e. The molecule has 0 amide bonds. The van der Waals surface area contributed by atoms with E-state index >= 15 is 0 Å². The van der Waals surface area contributed by atoms with Crippen molar-refractivity contribution in [2.75, 3.05) is 0 Å². The molecule has 48 heavy (non-hydrogen) atoms. The number of para-hydroxylation sites is 3. The zero-order valence-corrected chi connectivity index (χ0v) is 25.5. The number of fused-ring (bicyclic) bond motifs is 20. The largest absolute Gasteiger partial charge is 0.339 e. The number of nitrogens with one attached hydrogen (secondary N) is 2. The van der Waals surface area contributed by atoms with Gasteiger partial charge in [0.05, 0.1) is 11.0 Å². The Bertz CT molecular complexity index is 3350. The van der Waals surface area contributed by atoms with Gasteiger partial charge in [-0.1, -0.05) is 91.0 Å². The summed E-state index contributed by atoms with van der Waals surface area (Å²) in [4.78, 5) is 17.9. The molecule has 0 radical (unpaired) electrons. The minimum absolute atomic E-state index is 0.967. The second kappa shape index (κ2) is 8.57. The van der Waals surface area contributed by atoms with E-state index < -0.39 is 0 Å². The van der Waals surface area contributed by atoms with Crippen molar-refractivity contribution in [1.82, 2.24) is 28.7 Å². The molecule has 12 aromatic rings. The molecule has 12 rings (SSSR count). The van der Waals surface area contributed by atoms with Gasteiger partial charge in [-0.2, -0.15) is 0 Å². The smallest absolute Gasteiger partial charge is 0.147 e. The van der Waals surface area contributed by atoms with E-state index in [9.17, 15) is 0 Å². The summed E-state index contributed by atoms with van der Waals surface area (Å²) >= 11 is 0. The van der Waals surface area contributed by atoms with Crippen molar-refractivity contribution >= 4 is 98.8 Å². The van der Waals surface area contributed by atoms with E-state index in [1.807, 2.05) is 0 Å². The molecule has 222 valence electrons. The van der Waals surface area contributed by atoms with Crippen molar-refractivity contribution in [3.63, 3.8) is 0 Å². The van der Waals surface area contributed by atoms with E-state index in [1.54, 1.807) is 0 Å². The second-order valence-corrected chi connectivity index (χ2v) is 12.8. The summed E-state index contributed by atoms with van der Waals surface area (Å²) in [6.45, 7) is 0. The zero-order chi connectivity index (χ0) is 31.1. The number of hydrogen-bond acceptors (Lipinski definition) is 2. The topological polar surface area (TPSA) is 66.2 Å². The zero-order valence-electron chi connectivity index (χ0n) is 25.5. The Morgan fingerprint density at radius 2 is 0.854 bits per heavy atom. The fourth-order valence-corrected chi connectivity index (χ4v) is 8.21. The molecule has 0 aliphatic heterocycles. The average Bonchev–Trinajstić information content (AvgIpc) is 3.90. The van der Waals surface area contributed by atoms with Crippen molar-refractivity contribution in [2.45, 2.75) is 0 Å². The fraction of sp³-hybridized carbons (Fsp3) is 0. The lowest BCUT2D eigenvalue weighted by atomic mass is 9.98. The standard InChI is InChI=1S/C42H24N6/c1-2-12-28-25(9-1)26-10-4-7-15-35(26)47-39(28)46-38-32-22-24(18-20-34(32)44-42(38)47)23-17-19-29-31(21-23)27-11-5-8-16-36(27)48-40(29)45-37-30-13-3-6-14-33(30)43-41(37)48/h1-22,43-44H. The van der Waals surface area contributed by atoms with Crippen molar-refractivity contribution in [3.8, 4) is 11.1 Å². The van der Waals surface area contributed by atoms with Gasteiger partial charge < -0.3 is 9.97 Å². The molecule has 0 fully saturated rings. The van der Waals surface area contributed by atoms with E-state index in [0.717, 1.165) is 88.4 Å². The molecule has 0 saturated heterocycles. The van der Waals surface area contributed by atoms with Crippen LogP contribution in [0.2, 0.25) is 0 Å². The van der Waals surface area contributed by atoms with Gasteiger partial charge in [0.2, 0.25) is 0 Å². The number of aromatic amines is 2. The van der Waals surface area contributed by atoms with Gasteiger partial charge in [-0.15, -0.1) is 0 Å². The van der Waals surface area contributed by atoms with Crippen LogP contribution in [0.1, 0.15) is 0 Å². The Morgan fingerprint density at radius 3 is 1.56 bits per heavy atom. The first-order chi connectivity index (χ1) is 23.8. The van der Waals surface area contributed by atoms with Crippen LogP contribution >= 0.6 is 0 Å². The summed E-state index contributed by atoms with van der Waals surface area (Å²) in [5.41, 5.74) is 12.8. The molecule has 6 aromatic carbocycles. The number of H-pyrrole nitrogens is 2. The summed E-state index contributed by atoms with van der Waals surface area (Å²) in [6.07, 6.45) is 0. The maximum atomic E-state index is 5.30. The van der Waals surface area contributed by atoms with Crippen molar-refractivity contribution in [1.29, 1.82) is 0 Å². The third kappa shape index (κ3) is 2.98. The van der Waals surface area contributed by atoms with Crippen LogP contribution in [0.15, 0.2) is 133 Å². The van der Waals surface area contributed by atoms with E-state index in [1.165, 1.54) is 21.5 Å². The Kier molecular flexibility index (Phi) is 4.39. The molecule has 6 nitrogen and oxygen atoms in total. The fourth-order valence-electron chi connectivity index (χ4n) is 8.21. The first-order valence-electron chi connectivity index (χ1n) is 16.3. The Labute approximate surface area is 271 Å². The minimum atomic E-state index is 0.967. The maximum Gasteiger partial charge on any atom is 0.147 e. The van der Waals surface area contributed by atoms with Crippen LogP contribution in [-0.4, -0.2) is 28.7 Å². The quantitative estimate of drug-likeness (QED) is 0.181. The van der Waals surface area contributed by atoms with E-state index in [0.29, 0.717) is 0 Å². The Balaban J connectivity index is 1.12. The van der Waals surface area contributed by atoms with Gasteiger partial charge in [0.15, 0.2) is 0 Å². The molecule has 0 aliphatic carbocycles. The molecule has 6 aromatic heterocycles. The average molecular weight is 613 g/mol. The third-order valence-corrected chi connectivity index (χ3v) is 10.3. The number of benzene rings is 6. The maximum absolute atomic E-state index is 5.30.